The molecule has 0 atom stereocenters. The number of thiocarbonyl (C=S) groups is 1. The van der Waals surface area contributed by atoms with E-state index in [2.05, 4.69) is 16.0 Å². The molecule has 8 heteroatoms. The molecule has 28 heavy (non-hydrogen) atoms. The SMILES string of the molecule is COCCNC(=O)c1ccc(NC(=S)NC(=O)CCc2ccccc2Cl)cc1. The van der Waals surface area contributed by atoms with Gasteiger partial charge in [-0.15, -0.1) is 0 Å². The molecule has 6 nitrogen and oxygen atoms in total. The third-order valence-electron chi connectivity index (χ3n) is 3.83. The van der Waals surface area contributed by atoms with E-state index in [9.17, 15) is 9.59 Å². The minimum absolute atomic E-state index is 0.181. The molecule has 0 aliphatic rings. The predicted molar refractivity (Wildman–Crippen MR) is 115 cm³/mol. The molecule has 0 unspecified atom stereocenters. The summed E-state index contributed by atoms with van der Waals surface area (Å²) in [4.78, 5) is 24.0. The fraction of sp³-hybridized carbons (Fsp3) is 0.250. The van der Waals surface area contributed by atoms with E-state index in [4.69, 9.17) is 28.6 Å². The normalized spacial score (nSPS) is 10.2. The lowest BCUT2D eigenvalue weighted by Gasteiger charge is -2.11. The Kier molecular flexibility index (Phi) is 8.87. The first-order chi connectivity index (χ1) is 13.5. The van der Waals surface area contributed by atoms with Crippen molar-refractivity contribution < 1.29 is 14.3 Å². The molecule has 0 saturated heterocycles. The zero-order valence-corrected chi connectivity index (χ0v) is 17.0. The fourth-order valence-corrected chi connectivity index (χ4v) is 2.84. The molecule has 0 aromatic heterocycles. The Balaban J connectivity index is 1.78. The largest absolute Gasteiger partial charge is 0.383 e. The summed E-state index contributed by atoms with van der Waals surface area (Å²) in [6, 6.07) is 14.2. The maximum absolute atomic E-state index is 12.1. The van der Waals surface area contributed by atoms with Gasteiger partial charge in [0, 0.05) is 36.3 Å². The monoisotopic (exact) mass is 419 g/mol. The van der Waals surface area contributed by atoms with Gasteiger partial charge in [-0.3, -0.25) is 9.59 Å². The number of aryl methyl sites for hydroxylation is 1. The third kappa shape index (κ3) is 7.26. The summed E-state index contributed by atoms with van der Waals surface area (Å²) in [7, 11) is 1.57. The quantitative estimate of drug-likeness (QED) is 0.452. The molecule has 2 aromatic carbocycles. The molecule has 0 aliphatic carbocycles. The number of hydrogen-bond acceptors (Lipinski definition) is 4. The Morgan fingerprint density at radius 3 is 2.50 bits per heavy atom. The summed E-state index contributed by atoms with van der Waals surface area (Å²) in [5.74, 6) is -0.384. The number of amides is 2. The highest BCUT2D eigenvalue weighted by Gasteiger charge is 2.08. The Bertz CT molecular complexity index is 828. The number of ether oxygens (including phenoxy) is 1. The zero-order chi connectivity index (χ0) is 20.4. The molecule has 0 aliphatic heterocycles. The van der Waals surface area contributed by atoms with Crippen molar-refractivity contribution in [2.24, 2.45) is 0 Å². The van der Waals surface area contributed by atoms with E-state index in [1.165, 1.54) is 0 Å². The van der Waals surface area contributed by atoms with Crippen LogP contribution in [0.1, 0.15) is 22.3 Å². The Labute approximate surface area is 174 Å². The van der Waals surface area contributed by atoms with Crippen LogP contribution in [0.2, 0.25) is 5.02 Å². The number of carbonyl (C=O) groups excluding carboxylic acids is 2. The second-order valence-electron chi connectivity index (χ2n) is 5.92. The molecule has 0 radical (unpaired) electrons. The topological polar surface area (TPSA) is 79.5 Å². The maximum atomic E-state index is 12.1. The summed E-state index contributed by atoms with van der Waals surface area (Å²) in [6.07, 6.45) is 0.799. The molecule has 0 fully saturated rings. The smallest absolute Gasteiger partial charge is 0.251 e. The first-order valence-electron chi connectivity index (χ1n) is 8.71. The lowest BCUT2D eigenvalue weighted by Crippen LogP contribution is -2.34. The predicted octanol–water partition coefficient (Wildman–Crippen LogP) is 3.16. The lowest BCUT2D eigenvalue weighted by atomic mass is 10.1. The molecule has 2 aromatic rings. The minimum atomic E-state index is -0.202. The number of hydrogen-bond donors (Lipinski definition) is 3. The summed E-state index contributed by atoms with van der Waals surface area (Å²) in [5, 5.41) is 9.14. The van der Waals surface area contributed by atoms with E-state index in [0.717, 1.165) is 5.56 Å². The number of rotatable bonds is 8. The van der Waals surface area contributed by atoms with E-state index >= 15 is 0 Å². The van der Waals surface area contributed by atoms with E-state index in [0.29, 0.717) is 35.8 Å². The number of carbonyl (C=O) groups is 2. The van der Waals surface area contributed by atoms with Crippen molar-refractivity contribution in [3.05, 3.63) is 64.7 Å². The molecule has 3 N–H and O–H groups in total. The molecule has 2 rings (SSSR count). The highest BCUT2D eigenvalue weighted by Crippen LogP contribution is 2.16. The third-order valence-corrected chi connectivity index (χ3v) is 4.40. The molecule has 148 valence electrons. The van der Waals surface area contributed by atoms with Crippen LogP contribution >= 0.6 is 23.8 Å². The van der Waals surface area contributed by atoms with Gasteiger partial charge < -0.3 is 20.7 Å². The van der Waals surface area contributed by atoms with Gasteiger partial charge in [0.05, 0.1) is 6.61 Å². The first kappa shape index (κ1) is 21.8. The maximum Gasteiger partial charge on any atom is 0.251 e. The summed E-state index contributed by atoms with van der Waals surface area (Å²) in [5.41, 5.74) is 2.11. The van der Waals surface area contributed by atoms with E-state index in [1.807, 2.05) is 18.2 Å². The van der Waals surface area contributed by atoms with Gasteiger partial charge >= 0.3 is 0 Å². The summed E-state index contributed by atoms with van der Waals surface area (Å²) in [6.45, 7) is 0.898. The van der Waals surface area contributed by atoms with Gasteiger partial charge in [0.15, 0.2) is 5.11 Å². The Morgan fingerprint density at radius 1 is 1.11 bits per heavy atom. The van der Waals surface area contributed by atoms with Gasteiger partial charge in [0.25, 0.3) is 5.91 Å². The van der Waals surface area contributed by atoms with Crippen LogP contribution in [-0.2, 0) is 16.0 Å². The number of halogens is 1. The van der Waals surface area contributed by atoms with E-state index < -0.39 is 0 Å². The van der Waals surface area contributed by atoms with Crippen molar-refractivity contribution in [3.63, 3.8) is 0 Å². The second-order valence-corrected chi connectivity index (χ2v) is 6.74. The molecule has 0 spiro atoms. The summed E-state index contributed by atoms with van der Waals surface area (Å²) >= 11 is 11.2. The van der Waals surface area contributed by atoms with E-state index in [-0.39, 0.29) is 23.3 Å². The number of methoxy groups -OCH3 is 1. The van der Waals surface area contributed by atoms with Crippen LogP contribution in [0.25, 0.3) is 0 Å². The molecule has 0 bridgehead atoms. The number of nitrogens with one attached hydrogen (secondary N) is 3. The fourth-order valence-electron chi connectivity index (χ4n) is 2.37. The Hall–Kier alpha value is -2.48. The zero-order valence-electron chi connectivity index (χ0n) is 15.5. The van der Waals surface area contributed by atoms with Gasteiger partial charge in [-0.25, -0.2) is 0 Å². The number of benzene rings is 2. The van der Waals surface area contributed by atoms with Gasteiger partial charge in [-0.2, -0.15) is 0 Å². The van der Waals surface area contributed by atoms with Gasteiger partial charge in [0.1, 0.15) is 0 Å². The summed E-state index contributed by atoms with van der Waals surface area (Å²) < 4.78 is 4.89. The first-order valence-corrected chi connectivity index (χ1v) is 9.49. The van der Waals surface area contributed by atoms with Gasteiger partial charge in [-0.05, 0) is 54.5 Å². The van der Waals surface area contributed by atoms with Crippen molar-refractivity contribution in [1.82, 2.24) is 10.6 Å². The van der Waals surface area contributed by atoms with Crippen LogP contribution in [0.15, 0.2) is 48.5 Å². The van der Waals surface area contributed by atoms with Gasteiger partial charge in [0.2, 0.25) is 5.91 Å². The van der Waals surface area contributed by atoms with Crippen molar-refractivity contribution in [2.45, 2.75) is 12.8 Å². The second kappa shape index (κ2) is 11.4. The van der Waals surface area contributed by atoms with E-state index in [1.54, 1.807) is 37.4 Å². The van der Waals surface area contributed by atoms with Crippen LogP contribution in [0.5, 0.6) is 0 Å². The van der Waals surface area contributed by atoms with Crippen LogP contribution < -0.4 is 16.0 Å². The minimum Gasteiger partial charge on any atom is -0.383 e. The molecular formula is C20H22ClN3O3S. The highest BCUT2D eigenvalue weighted by atomic mass is 35.5. The van der Waals surface area contributed by atoms with Crippen LogP contribution in [0.4, 0.5) is 5.69 Å². The lowest BCUT2D eigenvalue weighted by molar-refractivity contribution is -0.119. The molecular weight excluding hydrogens is 398 g/mol. The van der Waals surface area contributed by atoms with Gasteiger partial charge in [-0.1, -0.05) is 29.8 Å². The van der Waals surface area contributed by atoms with Crippen molar-refractivity contribution in [3.8, 4) is 0 Å². The van der Waals surface area contributed by atoms with Crippen molar-refractivity contribution in [1.29, 1.82) is 0 Å². The van der Waals surface area contributed by atoms with Crippen LogP contribution in [0, 0.1) is 0 Å². The van der Waals surface area contributed by atoms with Crippen molar-refractivity contribution in [2.75, 3.05) is 25.6 Å². The highest BCUT2D eigenvalue weighted by molar-refractivity contribution is 7.80. The van der Waals surface area contributed by atoms with Crippen molar-refractivity contribution >= 4 is 46.4 Å². The number of anilines is 1. The Morgan fingerprint density at radius 2 is 1.82 bits per heavy atom. The average molecular weight is 420 g/mol. The molecule has 2 amide bonds. The average Bonchev–Trinajstić information content (AvgIpc) is 2.68. The molecule has 0 saturated carbocycles. The van der Waals surface area contributed by atoms with Crippen LogP contribution in [-0.4, -0.2) is 37.2 Å². The standard InChI is InChI=1S/C20H22ClN3O3S/c1-27-13-12-22-19(26)15-6-9-16(10-7-15)23-20(28)24-18(25)11-8-14-4-2-3-5-17(14)21/h2-7,9-10H,8,11-13H2,1H3,(H,22,26)(H2,23,24,25,28). The molecule has 0 heterocycles. The van der Waals surface area contributed by atoms with Crippen LogP contribution in [0.3, 0.4) is 0 Å².